The minimum Gasteiger partial charge on any atom is -0.466 e. The highest BCUT2D eigenvalue weighted by molar-refractivity contribution is 6.31. The van der Waals surface area contributed by atoms with E-state index in [1.165, 1.54) is 16.8 Å². The molecule has 4 rings (SSSR count). The van der Waals surface area contributed by atoms with Crippen LogP contribution in [0.5, 0.6) is 0 Å². The maximum Gasteiger partial charge on any atom is 0.310 e. The first-order chi connectivity index (χ1) is 14.4. The second-order valence-electron chi connectivity index (χ2n) is 7.25. The van der Waals surface area contributed by atoms with Crippen molar-refractivity contribution < 1.29 is 13.9 Å². The number of hydrogen-bond donors (Lipinski definition) is 1. The molecule has 0 aliphatic carbocycles. The van der Waals surface area contributed by atoms with Crippen molar-refractivity contribution in [1.29, 1.82) is 0 Å². The Labute approximate surface area is 177 Å². The Kier molecular flexibility index (Phi) is 5.46. The summed E-state index contributed by atoms with van der Waals surface area (Å²) in [6, 6.07) is 4.39. The van der Waals surface area contributed by atoms with Crippen LogP contribution in [-0.2, 0) is 16.6 Å². The Hall–Kier alpha value is -2.94. The van der Waals surface area contributed by atoms with Crippen molar-refractivity contribution in [2.75, 3.05) is 30.3 Å². The number of benzene rings is 1. The van der Waals surface area contributed by atoms with Gasteiger partial charge in [-0.25, -0.2) is 9.37 Å². The third kappa shape index (κ3) is 3.65. The molecule has 2 aromatic heterocycles. The summed E-state index contributed by atoms with van der Waals surface area (Å²) in [5, 5.41) is 4.95. The SMILES string of the molecule is CCOC(=O)C1CCCN(c2nc(-c3ccc(F)c(Cl)c3)c3c(N)n(C)nc3n2)C1. The Bertz CT molecular complexity index is 1120. The van der Waals surface area contributed by atoms with Gasteiger partial charge in [0.2, 0.25) is 5.95 Å². The van der Waals surface area contributed by atoms with E-state index in [1.54, 1.807) is 20.0 Å². The molecule has 1 saturated heterocycles. The predicted molar refractivity (Wildman–Crippen MR) is 113 cm³/mol. The van der Waals surface area contributed by atoms with Crippen LogP contribution in [0.15, 0.2) is 18.2 Å². The van der Waals surface area contributed by atoms with Crippen LogP contribution in [0.3, 0.4) is 0 Å². The van der Waals surface area contributed by atoms with Crippen LogP contribution in [0.25, 0.3) is 22.3 Å². The summed E-state index contributed by atoms with van der Waals surface area (Å²) in [5.74, 6) is -0.134. The van der Waals surface area contributed by atoms with Gasteiger partial charge in [0, 0.05) is 25.7 Å². The molecule has 10 heteroatoms. The first-order valence-corrected chi connectivity index (χ1v) is 10.1. The largest absolute Gasteiger partial charge is 0.466 e. The smallest absolute Gasteiger partial charge is 0.310 e. The zero-order chi connectivity index (χ0) is 21.4. The quantitative estimate of drug-likeness (QED) is 0.632. The minimum absolute atomic E-state index is 0.0105. The second-order valence-corrected chi connectivity index (χ2v) is 7.65. The van der Waals surface area contributed by atoms with E-state index in [9.17, 15) is 9.18 Å². The topological polar surface area (TPSA) is 99.2 Å². The van der Waals surface area contributed by atoms with E-state index < -0.39 is 5.82 Å². The van der Waals surface area contributed by atoms with Crippen LogP contribution in [0.1, 0.15) is 19.8 Å². The lowest BCUT2D eigenvalue weighted by Gasteiger charge is -2.31. The monoisotopic (exact) mass is 432 g/mol. The molecule has 3 heterocycles. The molecule has 0 bridgehead atoms. The maximum absolute atomic E-state index is 13.7. The van der Waals surface area contributed by atoms with Gasteiger partial charge in [0.15, 0.2) is 5.65 Å². The number of rotatable bonds is 4. The van der Waals surface area contributed by atoms with E-state index in [1.807, 2.05) is 4.90 Å². The average molecular weight is 433 g/mol. The van der Waals surface area contributed by atoms with Gasteiger partial charge in [0.05, 0.1) is 28.6 Å². The van der Waals surface area contributed by atoms with Gasteiger partial charge in [-0.3, -0.25) is 9.48 Å². The minimum atomic E-state index is -0.515. The number of piperidine rings is 1. The Balaban J connectivity index is 1.80. The molecular weight excluding hydrogens is 411 g/mol. The van der Waals surface area contributed by atoms with Gasteiger partial charge in [-0.1, -0.05) is 11.6 Å². The molecule has 2 N–H and O–H groups in total. The molecule has 1 atom stereocenters. The van der Waals surface area contributed by atoms with Crippen molar-refractivity contribution in [3.63, 3.8) is 0 Å². The van der Waals surface area contributed by atoms with Gasteiger partial charge in [0.25, 0.3) is 0 Å². The number of fused-ring (bicyclic) bond motifs is 1. The zero-order valence-corrected chi connectivity index (χ0v) is 17.5. The molecule has 0 radical (unpaired) electrons. The first kappa shape index (κ1) is 20.3. The first-order valence-electron chi connectivity index (χ1n) is 9.76. The van der Waals surface area contributed by atoms with Crippen molar-refractivity contribution in [1.82, 2.24) is 19.7 Å². The number of hydrogen-bond acceptors (Lipinski definition) is 7. The van der Waals surface area contributed by atoms with Crippen molar-refractivity contribution >= 4 is 40.4 Å². The van der Waals surface area contributed by atoms with Crippen LogP contribution in [0.4, 0.5) is 16.2 Å². The van der Waals surface area contributed by atoms with Gasteiger partial charge in [0.1, 0.15) is 11.6 Å². The third-order valence-corrected chi connectivity index (χ3v) is 5.53. The number of carbonyl (C=O) groups excluding carboxylic acids is 1. The van der Waals surface area contributed by atoms with E-state index in [2.05, 4.69) is 10.1 Å². The second kappa shape index (κ2) is 8.06. The molecule has 1 aliphatic heterocycles. The maximum atomic E-state index is 13.7. The van der Waals surface area contributed by atoms with E-state index in [0.29, 0.717) is 53.8 Å². The fourth-order valence-electron chi connectivity index (χ4n) is 3.71. The number of nitrogens with two attached hydrogens (primary N) is 1. The lowest BCUT2D eigenvalue weighted by atomic mass is 9.98. The normalized spacial score (nSPS) is 16.8. The van der Waals surface area contributed by atoms with Crippen molar-refractivity contribution in [2.45, 2.75) is 19.8 Å². The number of nitrogen functional groups attached to an aromatic ring is 1. The summed E-state index contributed by atoms with van der Waals surface area (Å²) in [6.45, 7) is 3.30. The summed E-state index contributed by atoms with van der Waals surface area (Å²) in [5.41, 5.74) is 7.75. The molecule has 158 valence electrons. The molecule has 1 unspecified atom stereocenters. The lowest BCUT2D eigenvalue weighted by Crippen LogP contribution is -2.40. The molecule has 8 nitrogen and oxygen atoms in total. The van der Waals surface area contributed by atoms with Crippen molar-refractivity contribution in [3.05, 3.63) is 29.0 Å². The Morgan fingerprint density at radius 2 is 2.20 bits per heavy atom. The van der Waals surface area contributed by atoms with E-state index >= 15 is 0 Å². The number of aromatic nitrogens is 4. The number of nitrogens with zero attached hydrogens (tertiary/aromatic N) is 5. The highest BCUT2D eigenvalue weighted by atomic mass is 35.5. The molecule has 0 saturated carbocycles. The number of aryl methyl sites for hydroxylation is 1. The highest BCUT2D eigenvalue weighted by Gasteiger charge is 2.29. The van der Waals surface area contributed by atoms with Gasteiger partial charge in [-0.05, 0) is 38.0 Å². The summed E-state index contributed by atoms with van der Waals surface area (Å²) < 4.78 is 20.4. The number of anilines is 2. The molecule has 1 aliphatic rings. The van der Waals surface area contributed by atoms with Crippen molar-refractivity contribution in [2.24, 2.45) is 13.0 Å². The van der Waals surface area contributed by atoms with Crippen LogP contribution >= 0.6 is 11.6 Å². The summed E-state index contributed by atoms with van der Waals surface area (Å²) in [4.78, 5) is 23.5. The predicted octanol–water partition coefficient (Wildman–Crippen LogP) is 3.18. The molecule has 0 spiro atoms. The van der Waals surface area contributed by atoms with Gasteiger partial charge < -0.3 is 15.4 Å². The molecular formula is C20H22ClFN6O2. The molecule has 1 aromatic carbocycles. The zero-order valence-electron chi connectivity index (χ0n) is 16.7. The lowest BCUT2D eigenvalue weighted by molar-refractivity contribution is -0.148. The summed E-state index contributed by atoms with van der Waals surface area (Å²) in [7, 11) is 1.72. The molecule has 30 heavy (non-hydrogen) atoms. The number of carbonyl (C=O) groups is 1. The van der Waals surface area contributed by atoms with Gasteiger partial charge >= 0.3 is 5.97 Å². The highest BCUT2D eigenvalue weighted by Crippen LogP contribution is 2.34. The molecule has 0 amide bonds. The summed E-state index contributed by atoms with van der Waals surface area (Å²) in [6.07, 6.45) is 1.57. The number of esters is 1. The van der Waals surface area contributed by atoms with E-state index in [0.717, 1.165) is 12.8 Å². The van der Waals surface area contributed by atoms with Crippen LogP contribution in [0, 0.1) is 11.7 Å². The summed E-state index contributed by atoms with van der Waals surface area (Å²) >= 11 is 6.00. The van der Waals surface area contributed by atoms with Crippen LogP contribution in [-0.4, -0.2) is 45.4 Å². The van der Waals surface area contributed by atoms with Crippen LogP contribution in [0.2, 0.25) is 5.02 Å². The Morgan fingerprint density at radius 3 is 2.93 bits per heavy atom. The molecule has 1 fully saturated rings. The van der Waals surface area contributed by atoms with Crippen LogP contribution < -0.4 is 10.6 Å². The van der Waals surface area contributed by atoms with Crippen molar-refractivity contribution in [3.8, 4) is 11.3 Å². The third-order valence-electron chi connectivity index (χ3n) is 5.24. The van der Waals surface area contributed by atoms with Gasteiger partial charge in [-0.15, -0.1) is 0 Å². The fourth-order valence-corrected chi connectivity index (χ4v) is 3.89. The van der Waals surface area contributed by atoms with E-state index in [4.69, 9.17) is 27.1 Å². The Morgan fingerprint density at radius 1 is 1.40 bits per heavy atom. The number of ether oxygens (including phenoxy) is 1. The standard InChI is InChI=1S/C20H22ClFN6O2/c1-3-30-19(29)12-5-4-8-28(10-12)20-24-16(11-6-7-14(22)13(21)9-11)15-17(23)27(2)26-18(15)25-20/h6-7,9,12H,3-5,8,10,23H2,1-2H3. The fraction of sp³-hybridized carbons (Fsp3) is 0.400. The average Bonchev–Trinajstić information content (AvgIpc) is 3.03. The van der Waals surface area contributed by atoms with E-state index in [-0.39, 0.29) is 16.9 Å². The molecule has 3 aromatic rings. The van der Waals surface area contributed by atoms with Gasteiger partial charge in [-0.2, -0.15) is 10.1 Å². The number of halogens is 2.